The molecule has 0 aliphatic carbocycles. The summed E-state index contributed by atoms with van der Waals surface area (Å²) >= 11 is 0. The summed E-state index contributed by atoms with van der Waals surface area (Å²) in [6.07, 6.45) is 8.57. The summed E-state index contributed by atoms with van der Waals surface area (Å²) in [4.78, 5) is 2.55. The summed E-state index contributed by atoms with van der Waals surface area (Å²) in [5, 5.41) is 0. The zero-order valence-electron chi connectivity index (χ0n) is 16.7. The molecular formula is C22H37NO. The molecule has 2 nitrogen and oxygen atoms in total. The summed E-state index contributed by atoms with van der Waals surface area (Å²) in [6, 6.07) is 5.15. The van der Waals surface area contributed by atoms with E-state index in [2.05, 4.69) is 58.6 Å². The van der Waals surface area contributed by atoms with E-state index in [1.807, 2.05) is 0 Å². The van der Waals surface area contributed by atoms with Crippen LogP contribution < -0.4 is 4.90 Å². The molecule has 1 fully saturated rings. The Morgan fingerprint density at radius 2 is 1.71 bits per heavy atom. The Morgan fingerprint density at radius 1 is 1.00 bits per heavy atom. The second-order valence-electron chi connectivity index (χ2n) is 7.70. The molecule has 0 amide bonds. The summed E-state index contributed by atoms with van der Waals surface area (Å²) < 4.78 is 5.99. The third-order valence-electron chi connectivity index (χ3n) is 5.80. The largest absolute Gasteiger partial charge is 0.372 e. The fourth-order valence-electron chi connectivity index (χ4n) is 3.90. The van der Waals surface area contributed by atoms with E-state index in [1.165, 1.54) is 60.9 Å². The van der Waals surface area contributed by atoms with Crippen molar-refractivity contribution in [3.8, 4) is 0 Å². The Hall–Kier alpha value is -1.02. The molecule has 24 heavy (non-hydrogen) atoms. The first-order valence-corrected chi connectivity index (χ1v) is 9.96. The normalized spacial score (nSPS) is 24.4. The van der Waals surface area contributed by atoms with Gasteiger partial charge in [-0.25, -0.2) is 0 Å². The van der Waals surface area contributed by atoms with Crippen LogP contribution in [0.15, 0.2) is 12.1 Å². The van der Waals surface area contributed by atoms with Crippen LogP contribution in [0.25, 0.3) is 0 Å². The first-order chi connectivity index (χ1) is 11.5. The molecule has 0 aromatic heterocycles. The van der Waals surface area contributed by atoms with Crippen LogP contribution in [-0.2, 0) is 11.2 Å². The van der Waals surface area contributed by atoms with Crippen molar-refractivity contribution in [2.45, 2.75) is 98.3 Å². The maximum Gasteiger partial charge on any atom is 0.0751 e. The van der Waals surface area contributed by atoms with E-state index in [0.717, 1.165) is 6.54 Å². The lowest BCUT2D eigenvalue weighted by Gasteiger charge is -2.43. The minimum atomic E-state index is 0.284. The van der Waals surface area contributed by atoms with Gasteiger partial charge in [0.1, 0.15) is 0 Å². The number of unbranched alkanes of at least 4 members (excludes halogenated alkanes) is 4. The molecule has 0 radical (unpaired) electrons. The van der Waals surface area contributed by atoms with Crippen molar-refractivity contribution in [3.05, 3.63) is 28.8 Å². The van der Waals surface area contributed by atoms with Gasteiger partial charge in [0.25, 0.3) is 0 Å². The van der Waals surface area contributed by atoms with Crippen molar-refractivity contribution < 1.29 is 4.74 Å². The maximum atomic E-state index is 5.99. The van der Waals surface area contributed by atoms with Crippen LogP contribution in [0.4, 0.5) is 5.69 Å². The van der Waals surface area contributed by atoms with E-state index >= 15 is 0 Å². The second-order valence-corrected chi connectivity index (χ2v) is 7.70. The van der Waals surface area contributed by atoms with Crippen molar-refractivity contribution in [2.24, 2.45) is 0 Å². The molecule has 0 N–H and O–H groups in total. The van der Waals surface area contributed by atoms with Gasteiger partial charge in [-0.05, 0) is 70.2 Å². The highest BCUT2D eigenvalue weighted by Crippen LogP contribution is 2.31. The average Bonchev–Trinajstić information content (AvgIpc) is 2.55. The summed E-state index contributed by atoms with van der Waals surface area (Å²) in [6.45, 7) is 14.5. The van der Waals surface area contributed by atoms with Crippen molar-refractivity contribution in [3.63, 3.8) is 0 Å². The summed E-state index contributed by atoms with van der Waals surface area (Å²) in [5.41, 5.74) is 5.88. The van der Waals surface area contributed by atoms with Gasteiger partial charge in [0.05, 0.1) is 18.2 Å². The molecule has 1 saturated heterocycles. The monoisotopic (exact) mass is 331 g/mol. The molecular weight excluding hydrogens is 294 g/mol. The fraction of sp³-hybridized carbons (Fsp3) is 0.727. The maximum absolute atomic E-state index is 5.99. The van der Waals surface area contributed by atoms with E-state index in [-0.39, 0.29) is 6.10 Å². The number of hydrogen-bond acceptors (Lipinski definition) is 2. The lowest BCUT2D eigenvalue weighted by atomic mass is 9.95. The first-order valence-electron chi connectivity index (χ1n) is 9.96. The van der Waals surface area contributed by atoms with E-state index in [0.29, 0.717) is 12.1 Å². The highest BCUT2D eigenvalue weighted by Gasteiger charge is 2.30. The van der Waals surface area contributed by atoms with Crippen molar-refractivity contribution in [2.75, 3.05) is 11.4 Å². The number of morpholine rings is 1. The van der Waals surface area contributed by atoms with Crippen LogP contribution in [0.1, 0.15) is 76.5 Å². The molecule has 1 aromatic carbocycles. The molecule has 1 unspecified atom stereocenters. The average molecular weight is 332 g/mol. The Bertz CT molecular complexity index is 525. The zero-order chi connectivity index (χ0) is 17.7. The molecule has 2 rings (SSSR count). The molecule has 3 atom stereocenters. The van der Waals surface area contributed by atoms with Crippen LogP contribution >= 0.6 is 0 Å². The van der Waals surface area contributed by atoms with Crippen LogP contribution in [0, 0.1) is 13.8 Å². The van der Waals surface area contributed by atoms with E-state index in [9.17, 15) is 0 Å². The first kappa shape index (κ1) is 19.3. The zero-order valence-corrected chi connectivity index (χ0v) is 16.7. The smallest absolute Gasteiger partial charge is 0.0751 e. The van der Waals surface area contributed by atoms with Gasteiger partial charge in [-0.2, -0.15) is 0 Å². The topological polar surface area (TPSA) is 12.5 Å². The van der Waals surface area contributed by atoms with Crippen LogP contribution in [0.3, 0.4) is 0 Å². The quantitative estimate of drug-likeness (QED) is 0.584. The van der Waals surface area contributed by atoms with Crippen molar-refractivity contribution in [1.29, 1.82) is 0 Å². The second kappa shape index (κ2) is 8.89. The molecule has 0 spiro atoms. The number of benzene rings is 1. The Kier molecular flexibility index (Phi) is 7.16. The van der Waals surface area contributed by atoms with E-state index < -0.39 is 0 Å². The molecule has 1 aromatic rings. The number of nitrogens with zero attached hydrogens (tertiary/aromatic N) is 1. The van der Waals surface area contributed by atoms with Gasteiger partial charge < -0.3 is 9.64 Å². The lowest BCUT2D eigenvalue weighted by Crippen LogP contribution is -2.52. The number of ether oxygens (including phenoxy) is 1. The third kappa shape index (κ3) is 4.53. The van der Waals surface area contributed by atoms with Crippen LogP contribution in [-0.4, -0.2) is 24.8 Å². The Labute approximate surface area is 149 Å². The number of rotatable bonds is 7. The highest BCUT2D eigenvalue weighted by molar-refractivity contribution is 5.59. The Balaban J connectivity index is 2.08. The molecule has 2 heteroatoms. The number of aryl methyl sites for hydroxylation is 1. The van der Waals surface area contributed by atoms with Crippen LogP contribution in [0.5, 0.6) is 0 Å². The standard InChI is InChI=1S/C22H37NO/c1-7-8-9-10-11-12-21-13-14-22(18(4)17(21)3)23-15-16(2)24-20(6)19(23)5/h13-14,16,19-20H,7-12,15H2,1-6H3/t16-,19?,20+/m0/s1. The molecule has 1 aliphatic rings. The van der Waals surface area contributed by atoms with Crippen molar-refractivity contribution in [1.82, 2.24) is 0 Å². The number of hydrogen-bond donors (Lipinski definition) is 0. The molecule has 1 heterocycles. The minimum Gasteiger partial charge on any atom is -0.372 e. The fourth-order valence-corrected chi connectivity index (χ4v) is 3.90. The van der Waals surface area contributed by atoms with Crippen molar-refractivity contribution >= 4 is 5.69 Å². The minimum absolute atomic E-state index is 0.284. The molecule has 0 bridgehead atoms. The van der Waals surface area contributed by atoms with Gasteiger partial charge in [-0.1, -0.05) is 38.7 Å². The van der Waals surface area contributed by atoms with E-state index in [1.54, 1.807) is 0 Å². The molecule has 1 aliphatic heterocycles. The van der Waals surface area contributed by atoms with Gasteiger partial charge >= 0.3 is 0 Å². The lowest BCUT2D eigenvalue weighted by molar-refractivity contribution is -0.0258. The third-order valence-corrected chi connectivity index (χ3v) is 5.80. The van der Waals surface area contributed by atoms with Gasteiger partial charge in [0.15, 0.2) is 0 Å². The van der Waals surface area contributed by atoms with Gasteiger partial charge in [-0.3, -0.25) is 0 Å². The highest BCUT2D eigenvalue weighted by atomic mass is 16.5. The van der Waals surface area contributed by atoms with Crippen LogP contribution in [0.2, 0.25) is 0 Å². The van der Waals surface area contributed by atoms with Gasteiger partial charge in [0.2, 0.25) is 0 Å². The predicted octanol–water partition coefficient (Wildman–Crippen LogP) is 5.82. The van der Waals surface area contributed by atoms with E-state index in [4.69, 9.17) is 4.74 Å². The Morgan fingerprint density at radius 3 is 2.42 bits per heavy atom. The van der Waals surface area contributed by atoms with Gasteiger partial charge in [0, 0.05) is 12.2 Å². The van der Waals surface area contributed by atoms with Gasteiger partial charge in [-0.15, -0.1) is 0 Å². The summed E-state index contributed by atoms with van der Waals surface area (Å²) in [7, 11) is 0. The SMILES string of the molecule is CCCCCCCc1ccc(N2C[C@H](C)O[C@H](C)C2C)c(C)c1C. The molecule has 0 saturated carbocycles. The predicted molar refractivity (Wildman–Crippen MR) is 105 cm³/mol. The number of anilines is 1. The molecule has 136 valence electrons. The summed E-state index contributed by atoms with van der Waals surface area (Å²) in [5.74, 6) is 0.